The Hall–Kier alpha value is -6.46. The van der Waals surface area contributed by atoms with Gasteiger partial charge in [-0.25, -0.2) is 0 Å². The van der Waals surface area contributed by atoms with Crippen molar-refractivity contribution in [3.05, 3.63) is 71.9 Å². The summed E-state index contributed by atoms with van der Waals surface area (Å²) in [6.45, 7) is 5.59. The van der Waals surface area contributed by atoms with Gasteiger partial charge in [-0.15, -0.1) is 0 Å². The zero-order valence-electron chi connectivity index (χ0n) is 35.7. The number of aliphatic imine (C=N–C) groups is 1. The van der Waals surface area contributed by atoms with Crippen molar-refractivity contribution in [2.24, 2.45) is 22.4 Å². The number of aromatic amines is 1. The van der Waals surface area contributed by atoms with Gasteiger partial charge in [-0.2, -0.15) is 0 Å². The smallest absolute Gasteiger partial charge is 0.245 e. The number of H-pyrrole nitrogens is 1. The minimum atomic E-state index is -1.16. The molecule has 0 bridgehead atoms. The number of fused-ring (bicyclic) bond motifs is 2. The Bertz CT molecular complexity index is 2080. The third-order valence-corrected chi connectivity index (χ3v) is 11.0. The third-order valence-electron chi connectivity index (χ3n) is 11.0. The van der Waals surface area contributed by atoms with Gasteiger partial charge in [0.1, 0.15) is 36.3 Å². The number of guanidine groups is 1. The zero-order chi connectivity index (χ0) is 44.8. The molecule has 0 radical (unpaired) electrons. The van der Waals surface area contributed by atoms with Crippen LogP contribution >= 0.6 is 0 Å². The Morgan fingerprint density at radius 2 is 1.55 bits per heavy atom. The van der Waals surface area contributed by atoms with Gasteiger partial charge in [-0.05, 0) is 68.1 Å². The van der Waals surface area contributed by atoms with E-state index in [2.05, 4.69) is 41.9 Å². The molecule has 334 valence electrons. The van der Waals surface area contributed by atoms with Crippen molar-refractivity contribution in [1.82, 2.24) is 41.8 Å². The van der Waals surface area contributed by atoms with Crippen LogP contribution in [0.15, 0.2) is 65.8 Å². The highest BCUT2D eigenvalue weighted by Gasteiger charge is 2.40. The average Bonchev–Trinajstić information content (AvgIpc) is 3.89. The average molecular weight is 856 g/mol. The molecule has 2 aliphatic heterocycles. The fourth-order valence-electron chi connectivity index (χ4n) is 8.00. The van der Waals surface area contributed by atoms with Gasteiger partial charge >= 0.3 is 0 Å². The van der Waals surface area contributed by atoms with Crippen molar-refractivity contribution in [3.63, 3.8) is 0 Å². The molecular weight excluding hydrogens is 795 g/mol. The number of rotatable bonds is 13. The standard InChI is InChI=1S/C44H61N11O7/c1-26(2)22-34-39(58)53-36(24-29-25-49-31-15-8-7-14-30(29)31)41(60)51-32(16-9-20-48-44(45)46)38(57)47-19-10-17-33(43(62)55-21-11-18-37(55)42(61)54-34)52-40(59)35(50-27(3)56)23-28-12-5-4-6-13-28/h4-8,12-15,25-26,32-37,49H,9-11,16-24H2,1-3H3,(H,47,57)(H,50,56)(H,51,60)(H,52,59)(H,53,58)(H,54,61)(H4,45,46,48)/t32-,33?,34+,35-,36-,37-/m0/s1. The van der Waals surface area contributed by atoms with E-state index in [1.54, 1.807) is 6.20 Å². The molecule has 6 atom stereocenters. The first-order valence-electron chi connectivity index (χ1n) is 21.4. The van der Waals surface area contributed by atoms with E-state index in [4.69, 9.17) is 11.5 Å². The molecule has 1 aromatic heterocycles. The van der Waals surface area contributed by atoms with Crippen LogP contribution in [0.25, 0.3) is 10.9 Å². The van der Waals surface area contributed by atoms with Gasteiger partial charge in [0.05, 0.1) is 0 Å². The van der Waals surface area contributed by atoms with Gasteiger partial charge in [0, 0.05) is 56.5 Å². The van der Waals surface area contributed by atoms with E-state index in [1.165, 1.54) is 11.8 Å². The summed E-state index contributed by atoms with van der Waals surface area (Å²) in [4.78, 5) is 106. The van der Waals surface area contributed by atoms with Crippen molar-refractivity contribution in [1.29, 1.82) is 0 Å². The van der Waals surface area contributed by atoms with E-state index in [0.29, 0.717) is 19.3 Å². The van der Waals surface area contributed by atoms with Crippen LogP contribution in [0.4, 0.5) is 0 Å². The van der Waals surface area contributed by atoms with Crippen LogP contribution in [0.5, 0.6) is 0 Å². The molecule has 2 saturated heterocycles. The highest BCUT2D eigenvalue weighted by Crippen LogP contribution is 2.22. The van der Waals surface area contributed by atoms with E-state index in [-0.39, 0.29) is 70.0 Å². The Morgan fingerprint density at radius 3 is 2.27 bits per heavy atom. The predicted molar refractivity (Wildman–Crippen MR) is 234 cm³/mol. The van der Waals surface area contributed by atoms with Crippen LogP contribution in [0.1, 0.15) is 76.8 Å². The Kier molecular flexibility index (Phi) is 16.8. The number of nitrogens with zero attached hydrogens (tertiary/aromatic N) is 2. The molecule has 18 nitrogen and oxygen atoms in total. The molecule has 11 N–H and O–H groups in total. The number of carbonyl (C=O) groups is 7. The summed E-state index contributed by atoms with van der Waals surface area (Å²) in [6, 6.07) is 10.3. The van der Waals surface area contributed by atoms with Crippen LogP contribution in [0.2, 0.25) is 0 Å². The monoisotopic (exact) mass is 855 g/mol. The largest absolute Gasteiger partial charge is 0.370 e. The number of amides is 7. The molecular formula is C44H61N11O7. The maximum absolute atomic E-state index is 14.5. The number of nitrogens with one attached hydrogen (secondary N) is 7. The molecule has 18 heteroatoms. The van der Waals surface area contributed by atoms with E-state index in [0.717, 1.165) is 22.0 Å². The minimum absolute atomic E-state index is 0.0588. The molecule has 1 unspecified atom stereocenters. The molecule has 0 spiro atoms. The fraction of sp³-hybridized carbons (Fsp3) is 0.500. The highest BCUT2D eigenvalue weighted by atomic mass is 16.2. The van der Waals surface area contributed by atoms with Gasteiger partial charge in [0.2, 0.25) is 41.4 Å². The normalized spacial score (nSPS) is 22.3. The maximum atomic E-state index is 14.5. The quantitative estimate of drug-likeness (QED) is 0.0653. The SMILES string of the molecule is CC(=O)N[C@@H](Cc1ccccc1)C(=O)NC1CCCNC(=O)[C@H](CCCN=C(N)N)NC(=O)[C@H](Cc2c[nH]c3ccccc23)NC(=O)[C@@H](CC(C)C)NC(=O)[C@@H]2CCCN2C1=O. The molecule has 2 aromatic carbocycles. The molecule has 5 rings (SSSR count). The van der Waals surface area contributed by atoms with Crippen LogP contribution < -0.4 is 43.4 Å². The highest BCUT2D eigenvalue weighted by molar-refractivity contribution is 5.98. The second-order valence-electron chi connectivity index (χ2n) is 16.5. The molecule has 3 aromatic rings. The van der Waals surface area contributed by atoms with E-state index in [9.17, 15) is 33.6 Å². The van der Waals surface area contributed by atoms with Crippen molar-refractivity contribution in [2.45, 2.75) is 115 Å². The van der Waals surface area contributed by atoms with Gasteiger partial charge in [0.15, 0.2) is 5.96 Å². The summed E-state index contributed by atoms with van der Waals surface area (Å²) in [5.74, 6) is -3.96. The van der Waals surface area contributed by atoms with E-state index >= 15 is 0 Å². The Morgan fingerprint density at radius 1 is 0.855 bits per heavy atom. The second kappa shape index (κ2) is 22.4. The topological polar surface area (TPSA) is 275 Å². The molecule has 0 aliphatic carbocycles. The lowest BCUT2D eigenvalue weighted by molar-refractivity contribution is -0.142. The van der Waals surface area contributed by atoms with Crippen molar-refractivity contribution < 1.29 is 33.6 Å². The van der Waals surface area contributed by atoms with Crippen LogP contribution in [-0.2, 0) is 46.4 Å². The molecule has 62 heavy (non-hydrogen) atoms. The number of aromatic nitrogens is 1. The van der Waals surface area contributed by atoms with Crippen molar-refractivity contribution >= 4 is 58.2 Å². The fourth-order valence-corrected chi connectivity index (χ4v) is 8.00. The second-order valence-corrected chi connectivity index (χ2v) is 16.5. The van der Waals surface area contributed by atoms with Crippen molar-refractivity contribution in [2.75, 3.05) is 19.6 Å². The number of carbonyl (C=O) groups excluding carboxylic acids is 7. The molecule has 0 saturated carbocycles. The first-order valence-corrected chi connectivity index (χ1v) is 21.4. The first kappa shape index (κ1) is 46.6. The summed E-state index contributed by atoms with van der Waals surface area (Å²) >= 11 is 0. The number of para-hydroxylation sites is 1. The summed E-state index contributed by atoms with van der Waals surface area (Å²) in [7, 11) is 0. The summed E-state index contributed by atoms with van der Waals surface area (Å²) < 4.78 is 0. The molecule has 2 fully saturated rings. The van der Waals surface area contributed by atoms with Crippen molar-refractivity contribution in [3.8, 4) is 0 Å². The lowest BCUT2D eigenvalue weighted by Gasteiger charge is -2.31. The lowest BCUT2D eigenvalue weighted by atomic mass is 9.99. The van der Waals surface area contributed by atoms with E-state index in [1.807, 2.05) is 68.4 Å². The van der Waals surface area contributed by atoms with Gasteiger partial charge in [-0.3, -0.25) is 38.6 Å². The number of hydrogen-bond acceptors (Lipinski definition) is 8. The summed E-state index contributed by atoms with van der Waals surface area (Å²) in [5, 5.41) is 17.9. The molecule has 2 aliphatic rings. The molecule has 7 amide bonds. The lowest BCUT2D eigenvalue weighted by Crippen LogP contribution is -2.60. The van der Waals surface area contributed by atoms with Gasteiger partial charge in [-0.1, -0.05) is 62.4 Å². The summed E-state index contributed by atoms with van der Waals surface area (Å²) in [5.41, 5.74) is 13.4. The van der Waals surface area contributed by atoms with Crippen LogP contribution in [0, 0.1) is 5.92 Å². The number of benzene rings is 2. The van der Waals surface area contributed by atoms with Gasteiger partial charge < -0.3 is 53.3 Å². The Labute approximate surface area is 361 Å². The predicted octanol–water partition coefficient (Wildman–Crippen LogP) is 0.398. The number of hydrogen-bond donors (Lipinski definition) is 9. The summed E-state index contributed by atoms with van der Waals surface area (Å²) in [6.07, 6.45) is 3.82. The maximum Gasteiger partial charge on any atom is 0.245 e. The number of nitrogens with two attached hydrogens (primary N) is 2. The Balaban J connectivity index is 1.46. The zero-order valence-corrected chi connectivity index (χ0v) is 35.7. The van der Waals surface area contributed by atoms with E-state index < -0.39 is 77.6 Å². The molecule has 3 heterocycles. The van der Waals surface area contributed by atoms with Crippen LogP contribution in [-0.4, -0.2) is 113 Å². The third kappa shape index (κ3) is 13.3. The first-order chi connectivity index (χ1) is 29.7. The van der Waals surface area contributed by atoms with Gasteiger partial charge in [0.25, 0.3) is 0 Å². The minimum Gasteiger partial charge on any atom is -0.370 e. The van der Waals surface area contributed by atoms with Crippen LogP contribution in [0.3, 0.4) is 0 Å².